The fraction of sp³-hybridized carbons (Fsp3) is 0.611. The number of hydrogen-bond donors (Lipinski definition) is 1. The van der Waals surface area contributed by atoms with Crippen molar-refractivity contribution in [3.05, 3.63) is 23.2 Å². The maximum atomic E-state index is 12.9. The molecule has 2 fully saturated rings. The Morgan fingerprint density at radius 3 is 2.61 bits per heavy atom. The zero-order valence-electron chi connectivity index (χ0n) is 15.7. The molecule has 28 heavy (non-hydrogen) atoms. The molecule has 1 amide bonds. The van der Waals surface area contributed by atoms with E-state index in [1.54, 1.807) is 6.07 Å². The van der Waals surface area contributed by atoms with Crippen LogP contribution in [0.4, 0.5) is 0 Å². The Labute approximate surface area is 170 Å². The highest BCUT2D eigenvalue weighted by molar-refractivity contribution is 7.89. The van der Waals surface area contributed by atoms with Crippen LogP contribution >= 0.6 is 11.6 Å². The summed E-state index contributed by atoms with van der Waals surface area (Å²) >= 11 is 6.00. The summed E-state index contributed by atoms with van der Waals surface area (Å²) < 4.78 is 38.0. The van der Waals surface area contributed by atoms with E-state index in [2.05, 4.69) is 10.2 Å². The maximum Gasteiger partial charge on any atom is 0.257 e. The number of sulfonamides is 1. The van der Waals surface area contributed by atoms with Gasteiger partial charge in [-0.05, 0) is 31.0 Å². The average Bonchev–Trinajstić information content (AvgIpc) is 3.23. The number of carbonyl (C=O) groups excluding carboxylic acids is 1. The first kappa shape index (κ1) is 21.3. The maximum absolute atomic E-state index is 12.9. The van der Waals surface area contributed by atoms with Gasteiger partial charge in [-0.1, -0.05) is 11.6 Å². The van der Waals surface area contributed by atoms with Crippen LogP contribution in [-0.2, 0) is 19.6 Å². The highest BCUT2D eigenvalue weighted by Gasteiger charge is 2.30. The van der Waals surface area contributed by atoms with Crippen LogP contribution in [0.2, 0.25) is 5.02 Å². The van der Waals surface area contributed by atoms with Gasteiger partial charge in [-0.2, -0.15) is 4.31 Å². The minimum atomic E-state index is -3.70. The van der Waals surface area contributed by atoms with E-state index in [-0.39, 0.29) is 23.2 Å². The van der Waals surface area contributed by atoms with Crippen LogP contribution in [0.1, 0.15) is 12.8 Å². The molecule has 2 aliphatic heterocycles. The first-order chi connectivity index (χ1) is 13.5. The summed E-state index contributed by atoms with van der Waals surface area (Å²) in [6, 6.07) is 4.42. The Balaban J connectivity index is 1.55. The predicted octanol–water partition coefficient (Wildman–Crippen LogP) is 0.952. The second-order valence-corrected chi connectivity index (χ2v) is 9.14. The molecule has 1 aromatic carbocycles. The highest BCUT2D eigenvalue weighted by Crippen LogP contribution is 2.31. The number of morpholine rings is 1. The van der Waals surface area contributed by atoms with Gasteiger partial charge in [-0.3, -0.25) is 9.69 Å². The van der Waals surface area contributed by atoms with Crippen molar-refractivity contribution in [2.45, 2.75) is 17.7 Å². The Morgan fingerprint density at radius 2 is 1.89 bits per heavy atom. The van der Waals surface area contributed by atoms with Crippen LogP contribution in [0, 0.1) is 0 Å². The molecule has 1 N–H and O–H groups in total. The van der Waals surface area contributed by atoms with Crippen molar-refractivity contribution in [1.29, 1.82) is 0 Å². The summed E-state index contributed by atoms with van der Waals surface area (Å²) in [5.41, 5.74) is 0. The van der Waals surface area contributed by atoms with Crippen molar-refractivity contribution in [3.63, 3.8) is 0 Å². The molecule has 0 atom stereocenters. The van der Waals surface area contributed by atoms with Crippen LogP contribution in [0.15, 0.2) is 23.1 Å². The fourth-order valence-corrected chi connectivity index (χ4v) is 5.15. The molecule has 2 heterocycles. The molecule has 0 radical (unpaired) electrons. The number of carbonyl (C=O) groups is 1. The SMILES string of the molecule is O=C(COc1ccc(Cl)cc1S(=O)(=O)N1CCCC1)NCCN1CCOCC1. The topological polar surface area (TPSA) is 88.2 Å². The first-order valence-electron chi connectivity index (χ1n) is 9.46. The zero-order valence-corrected chi connectivity index (χ0v) is 17.3. The van der Waals surface area contributed by atoms with Gasteiger partial charge >= 0.3 is 0 Å². The molecule has 8 nitrogen and oxygen atoms in total. The van der Waals surface area contributed by atoms with Gasteiger partial charge in [0.2, 0.25) is 10.0 Å². The summed E-state index contributed by atoms with van der Waals surface area (Å²) in [6.45, 7) is 5.08. The number of nitrogens with zero attached hydrogens (tertiary/aromatic N) is 2. The molecule has 0 unspecified atom stereocenters. The monoisotopic (exact) mass is 431 g/mol. The van der Waals surface area contributed by atoms with Crippen LogP contribution in [0.5, 0.6) is 5.75 Å². The number of nitrogens with one attached hydrogen (secondary N) is 1. The highest BCUT2D eigenvalue weighted by atomic mass is 35.5. The van der Waals surface area contributed by atoms with E-state index in [9.17, 15) is 13.2 Å². The van der Waals surface area contributed by atoms with E-state index in [1.807, 2.05) is 0 Å². The number of benzene rings is 1. The van der Waals surface area contributed by atoms with Gasteiger partial charge in [0.15, 0.2) is 6.61 Å². The molecule has 156 valence electrons. The summed E-state index contributed by atoms with van der Waals surface area (Å²) in [7, 11) is -3.70. The van der Waals surface area contributed by atoms with Gasteiger partial charge in [0.05, 0.1) is 13.2 Å². The van der Waals surface area contributed by atoms with Crippen molar-refractivity contribution in [2.24, 2.45) is 0 Å². The summed E-state index contributed by atoms with van der Waals surface area (Å²) in [5, 5.41) is 3.10. The van der Waals surface area contributed by atoms with E-state index in [0.29, 0.717) is 37.9 Å². The van der Waals surface area contributed by atoms with E-state index in [4.69, 9.17) is 21.1 Å². The molecule has 0 aromatic heterocycles. The van der Waals surface area contributed by atoms with Gasteiger partial charge < -0.3 is 14.8 Å². The molecule has 1 aromatic rings. The fourth-order valence-electron chi connectivity index (χ4n) is 3.24. The average molecular weight is 432 g/mol. The van der Waals surface area contributed by atoms with Gasteiger partial charge in [-0.25, -0.2) is 8.42 Å². The number of ether oxygens (including phenoxy) is 2. The second-order valence-electron chi connectivity index (χ2n) is 6.79. The molecular formula is C18H26ClN3O5S. The minimum Gasteiger partial charge on any atom is -0.482 e. The Bertz CT molecular complexity index is 777. The minimum absolute atomic E-state index is 0.00279. The predicted molar refractivity (Wildman–Crippen MR) is 105 cm³/mol. The summed E-state index contributed by atoms with van der Waals surface area (Å²) in [4.78, 5) is 14.3. The van der Waals surface area contributed by atoms with E-state index in [1.165, 1.54) is 16.4 Å². The molecule has 2 aliphatic rings. The molecule has 0 spiro atoms. The van der Waals surface area contributed by atoms with Crippen LogP contribution in [0.3, 0.4) is 0 Å². The molecule has 2 saturated heterocycles. The number of amides is 1. The lowest BCUT2D eigenvalue weighted by Gasteiger charge is -2.26. The van der Waals surface area contributed by atoms with Gasteiger partial charge in [0.25, 0.3) is 5.91 Å². The number of halogens is 1. The van der Waals surface area contributed by atoms with Crippen molar-refractivity contribution < 1.29 is 22.7 Å². The zero-order chi connectivity index (χ0) is 20.0. The van der Waals surface area contributed by atoms with Gasteiger partial charge in [-0.15, -0.1) is 0 Å². The Hall–Kier alpha value is -1.39. The Morgan fingerprint density at radius 1 is 1.18 bits per heavy atom. The van der Waals surface area contributed by atoms with E-state index >= 15 is 0 Å². The van der Waals surface area contributed by atoms with Crippen LogP contribution in [-0.4, -0.2) is 82.6 Å². The van der Waals surface area contributed by atoms with Gasteiger partial charge in [0.1, 0.15) is 10.6 Å². The lowest BCUT2D eigenvalue weighted by molar-refractivity contribution is -0.123. The smallest absolute Gasteiger partial charge is 0.257 e. The molecule has 0 bridgehead atoms. The largest absolute Gasteiger partial charge is 0.482 e. The lowest BCUT2D eigenvalue weighted by Crippen LogP contribution is -2.42. The van der Waals surface area contributed by atoms with Crippen molar-refractivity contribution in [3.8, 4) is 5.75 Å². The van der Waals surface area contributed by atoms with Crippen LogP contribution < -0.4 is 10.1 Å². The van der Waals surface area contributed by atoms with E-state index < -0.39 is 10.0 Å². The van der Waals surface area contributed by atoms with Crippen molar-refractivity contribution in [1.82, 2.24) is 14.5 Å². The standard InChI is InChI=1S/C18H26ClN3O5S/c19-15-3-4-16(17(13-15)28(24,25)22-6-1-2-7-22)27-14-18(23)20-5-8-21-9-11-26-12-10-21/h3-4,13H,1-2,5-12,14H2,(H,20,23). The normalized spacial score (nSPS) is 18.9. The van der Waals surface area contributed by atoms with E-state index in [0.717, 1.165) is 32.5 Å². The summed E-state index contributed by atoms with van der Waals surface area (Å²) in [5.74, 6) is -0.160. The second kappa shape index (κ2) is 9.89. The molecular weight excluding hydrogens is 406 g/mol. The van der Waals surface area contributed by atoms with Crippen molar-refractivity contribution >= 4 is 27.5 Å². The third-order valence-electron chi connectivity index (χ3n) is 4.80. The third kappa shape index (κ3) is 5.57. The lowest BCUT2D eigenvalue weighted by atomic mass is 10.3. The molecule has 10 heteroatoms. The quantitative estimate of drug-likeness (QED) is 0.659. The Kier molecular flexibility index (Phi) is 7.53. The molecule has 3 rings (SSSR count). The van der Waals surface area contributed by atoms with Crippen LogP contribution in [0.25, 0.3) is 0 Å². The number of hydrogen-bond acceptors (Lipinski definition) is 6. The summed E-state index contributed by atoms with van der Waals surface area (Å²) in [6.07, 6.45) is 1.67. The third-order valence-corrected chi connectivity index (χ3v) is 6.96. The molecule has 0 aliphatic carbocycles. The van der Waals surface area contributed by atoms with Crippen molar-refractivity contribution in [2.75, 3.05) is 59.1 Å². The molecule has 0 saturated carbocycles. The van der Waals surface area contributed by atoms with Gasteiger partial charge in [0, 0.05) is 44.3 Å². The first-order valence-corrected chi connectivity index (χ1v) is 11.3. The number of rotatable bonds is 8.